The lowest BCUT2D eigenvalue weighted by molar-refractivity contribution is -0.134. The number of carbonyl (C=O) groups is 2. The van der Waals surface area contributed by atoms with Gasteiger partial charge >= 0.3 is 0 Å². The SMILES string of the molecule is O=C1CCN(CCCOCC2CC2)C(=O)C(C2CC2)N1. The second-order valence-corrected chi connectivity index (χ2v) is 6.33. The van der Waals surface area contributed by atoms with Crippen LogP contribution in [0.4, 0.5) is 0 Å². The zero-order valence-corrected chi connectivity index (χ0v) is 12.0. The molecule has 0 spiro atoms. The first kappa shape index (κ1) is 13.9. The van der Waals surface area contributed by atoms with E-state index >= 15 is 0 Å². The Balaban J connectivity index is 1.43. The monoisotopic (exact) mass is 280 g/mol. The van der Waals surface area contributed by atoms with Crippen LogP contribution in [-0.2, 0) is 14.3 Å². The molecule has 2 saturated carbocycles. The van der Waals surface area contributed by atoms with E-state index in [9.17, 15) is 9.59 Å². The van der Waals surface area contributed by atoms with Crippen LogP contribution in [-0.4, -0.2) is 49.1 Å². The molecule has 1 N–H and O–H groups in total. The van der Waals surface area contributed by atoms with Crippen molar-refractivity contribution in [2.75, 3.05) is 26.3 Å². The van der Waals surface area contributed by atoms with Crippen molar-refractivity contribution in [3.8, 4) is 0 Å². The van der Waals surface area contributed by atoms with Crippen molar-refractivity contribution in [2.45, 2.75) is 44.6 Å². The van der Waals surface area contributed by atoms with Crippen molar-refractivity contribution in [3.63, 3.8) is 0 Å². The highest BCUT2D eigenvalue weighted by Crippen LogP contribution is 2.34. The first-order valence-corrected chi connectivity index (χ1v) is 7.90. The first-order valence-electron chi connectivity index (χ1n) is 7.90. The second kappa shape index (κ2) is 6.12. The molecule has 0 aromatic heterocycles. The highest BCUT2D eigenvalue weighted by Gasteiger charge is 2.40. The van der Waals surface area contributed by atoms with Crippen LogP contribution in [0.2, 0.25) is 0 Å². The summed E-state index contributed by atoms with van der Waals surface area (Å²) in [6.07, 6.45) is 6.04. The van der Waals surface area contributed by atoms with Crippen LogP contribution >= 0.6 is 0 Å². The van der Waals surface area contributed by atoms with Gasteiger partial charge in [-0.05, 0) is 43.9 Å². The zero-order chi connectivity index (χ0) is 13.9. The molecule has 0 aromatic rings. The summed E-state index contributed by atoms with van der Waals surface area (Å²) >= 11 is 0. The molecule has 3 rings (SSSR count). The fraction of sp³-hybridized carbons (Fsp3) is 0.867. The van der Waals surface area contributed by atoms with Gasteiger partial charge in [0, 0.05) is 32.7 Å². The minimum atomic E-state index is -0.266. The summed E-state index contributed by atoms with van der Waals surface area (Å²) in [6, 6.07) is -0.266. The van der Waals surface area contributed by atoms with Crippen LogP contribution in [0, 0.1) is 11.8 Å². The maximum Gasteiger partial charge on any atom is 0.245 e. The lowest BCUT2D eigenvalue weighted by Gasteiger charge is -2.23. The summed E-state index contributed by atoms with van der Waals surface area (Å²) in [5, 5.41) is 2.88. The van der Waals surface area contributed by atoms with Gasteiger partial charge < -0.3 is 15.0 Å². The van der Waals surface area contributed by atoms with Crippen molar-refractivity contribution in [2.24, 2.45) is 11.8 Å². The minimum Gasteiger partial charge on any atom is -0.381 e. The quantitative estimate of drug-likeness (QED) is 0.706. The van der Waals surface area contributed by atoms with Crippen molar-refractivity contribution >= 4 is 11.8 Å². The third-order valence-electron chi connectivity index (χ3n) is 4.36. The second-order valence-electron chi connectivity index (χ2n) is 6.33. The summed E-state index contributed by atoms with van der Waals surface area (Å²) in [5.41, 5.74) is 0. The molecule has 1 aliphatic heterocycles. The molecule has 1 heterocycles. The lowest BCUT2D eigenvalue weighted by atomic mass is 10.1. The van der Waals surface area contributed by atoms with E-state index in [1.165, 1.54) is 12.8 Å². The van der Waals surface area contributed by atoms with Gasteiger partial charge in [-0.25, -0.2) is 0 Å². The number of hydrogen-bond acceptors (Lipinski definition) is 3. The van der Waals surface area contributed by atoms with Gasteiger partial charge in [0.15, 0.2) is 0 Å². The Bertz CT molecular complexity index is 377. The van der Waals surface area contributed by atoms with E-state index in [4.69, 9.17) is 4.74 Å². The number of rotatable bonds is 7. The Kier molecular flexibility index (Phi) is 4.24. The highest BCUT2D eigenvalue weighted by molar-refractivity contribution is 5.90. The fourth-order valence-electron chi connectivity index (χ4n) is 2.71. The summed E-state index contributed by atoms with van der Waals surface area (Å²) in [6.45, 7) is 2.85. The van der Waals surface area contributed by atoms with Crippen LogP contribution in [0.5, 0.6) is 0 Å². The summed E-state index contributed by atoms with van der Waals surface area (Å²) in [4.78, 5) is 25.9. The molecule has 2 aliphatic carbocycles. The van der Waals surface area contributed by atoms with E-state index in [2.05, 4.69) is 5.32 Å². The van der Waals surface area contributed by atoms with Crippen LogP contribution in [0.25, 0.3) is 0 Å². The Labute approximate surface area is 120 Å². The molecule has 20 heavy (non-hydrogen) atoms. The molecule has 3 fully saturated rings. The smallest absolute Gasteiger partial charge is 0.245 e. The van der Waals surface area contributed by atoms with E-state index in [0.29, 0.717) is 25.4 Å². The molecule has 0 bridgehead atoms. The van der Waals surface area contributed by atoms with Crippen LogP contribution in [0.15, 0.2) is 0 Å². The average Bonchev–Trinajstić information content (AvgIpc) is 3.27. The summed E-state index contributed by atoms with van der Waals surface area (Å²) < 4.78 is 5.60. The molecule has 5 nitrogen and oxygen atoms in total. The van der Waals surface area contributed by atoms with Gasteiger partial charge in [-0.2, -0.15) is 0 Å². The molecule has 0 radical (unpaired) electrons. The predicted octanol–water partition coefficient (Wildman–Crippen LogP) is 0.930. The maximum atomic E-state index is 12.4. The summed E-state index contributed by atoms with van der Waals surface area (Å²) in [7, 11) is 0. The predicted molar refractivity (Wildman–Crippen MR) is 74.0 cm³/mol. The molecule has 5 heteroatoms. The molecular formula is C15H24N2O3. The molecule has 1 saturated heterocycles. The zero-order valence-electron chi connectivity index (χ0n) is 12.0. The number of ether oxygens (including phenoxy) is 1. The molecule has 2 amide bonds. The van der Waals surface area contributed by atoms with Gasteiger partial charge in [0.25, 0.3) is 0 Å². The van der Waals surface area contributed by atoms with Crippen LogP contribution in [0.1, 0.15) is 38.5 Å². The average molecular weight is 280 g/mol. The number of nitrogens with one attached hydrogen (secondary N) is 1. The van der Waals surface area contributed by atoms with E-state index in [0.717, 1.165) is 38.4 Å². The van der Waals surface area contributed by atoms with Crippen LogP contribution < -0.4 is 5.32 Å². The molecular weight excluding hydrogens is 256 g/mol. The highest BCUT2D eigenvalue weighted by atomic mass is 16.5. The van der Waals surface area contributed by atoms with E-state index in [1.54, 1.807) is 0 Å². The Hall–Kier alpha value is -1.10. The van der Waals surface area contributed by atoms with Crippen LogP contribution in [0.3, 0.4) is 0 Å². The van der Waals surface area contributed by atoms with Gasteiger partial charge in [-0.15, -0.1) is 0 Å². The maximum absolute atomic E-state index is 12.4. The fourth-order valence-corrected chi connectivity index (χ4v) is 2.71. The Morgan fingerprint density at radius 3 is 2.70 bits per heavy atom. The van der Waals surface area contributed by atoms with Gasteiger partial charge in [-0.3, -0.25) is 9.59 Å². The van der Waals surface area contributed by atoms with E-state index < -0.39 is 0 Å². The molecule has 0 aromatic carbocycles. The number of carbonyl (C=O) groups excluding carboxylic acids is 2. The van der Waals surface area contributed by atoms with Gasteiger partial charge in [0.05, 0.1) is 0 Å². The number of amides is 2. The minimum absolute atomic E-state index is 0.0164. The van der Waals surface area contributed by atoms with Crippen molar-refractivity contribution in [1.82, 2.24) is 10.2 Å². The lowest BCUT2D eigenvalue weighted by Crippen LogP contribution is -2.46. The summed E-state index contributed by atoms with van der Waals surface area (Å²) in [5.74, 6) is 1.29. The molecule has 1 atom stereocenters. The standard InChI is InChI=1S/C15H24N2O3/c18-13-6-8-17(7-1-9-20-10-11-2-3-11)15(19)14(16-13)12-4-5-12/h11-12,14H,1-10H2,(H,16,18). The Morgan fingerprint density at radius 2 is 2.00 bits per heavy atom. The third-order valence-corrected chi connectivity index (χ3v) is 4.36. The molecule has 112 valence electrons. The van der Waals surface area contributed by atoms with E-state index in [-0.39, 0.29) is 17.9 Å². The largest absolute Gasteiger partial charge is 0.381 e. The molecule has 3 aliphatic rings. The van der Waals surface area contributed by atoms with Crippen molar-refractivity contribution in [1.29, 1.82) is 0 Å². The third kappa shape index (κ3) is 3.72. The number of hydrogen-bond donors (Lipinski definition) is 1. The number of nitrogens with zero attached hydrogens (tertiary/aromatic N) is 1. The van der Waals surface area contributed by atoms with Gasteiger partial charge in [-0.1, -0.05) is 0 Å². The first-order chi connectivity index (χ1) is 9.74. The Morgan fingerprint density at radius 1 is 1.20 bits per heavy atom. The normalized spacial score (nSPS) is 27.4. The van der Waals surface area contributed by atoms with Crippen molar-refractivity contribution in [3.05, 3.63) is 0 Å². The van der Waals surface area contributed by atoms with Gasteiger partial charge in [0.2, 0.25) is 11.8 Å². The van der Waals surface area contributed by atoms with Crippen molar-refractivity contribution < 1.29 is 14.3 Å². The van der Waals surface area contributed by atoms with Gasteiger partial charge in [0.1, 0.15) is 6.04 Å². The topological polar surface area (TPSA) is 58.6 Å². The van der Waals surface area contributed by atoms with E-state index in [1.807, 2.05) is 4.90 Å². The molecule has 1 unspecified atom stereocenters.